The summed E-state index contributed by atoms with van der Waals surface area (Å²) in [5.74, 6) is -0.348. The maximum Gasteiger partial charge on any atom is 0.197 e. The lowest BCUT2D eigenvalue weighted by Crippen LogP contribution is -2.64. The van der Waals surface area contributed by atoms with Crippen LogP contribution in [0, 0.1) is 17.0 Å². The van der Waals surface area contributed by atoms with E-state index in [2.05, 4.69) is 19.9 Å². The Morgan fingerprint density at radius 1 is 0.903 bits per heavy atom. The van der Waals surface area contributed by atoms with Crippen molar-refractivity contribution in [2.45, 2.75) is 37.2 Å². The smallest absolute Gasteiger partial charge is 0.197 e. The molecule has 8 heteroatoms. The molecular weight excluding hydrogens is 400 g/mol. The van der Waals surface area contributed by atoms with Gasteiger partial charge in [-0.1, -0.05) is 0 Å². The highest BCUT2D eigenvalue weighted by molar-refractivity contribution is 5.56. The first-order valence-corrected chi connectivity index (χ1v) is 10.5. The van der Waals surface area contributed by atoms with Crippen molar-refractivity contribution in [2.24, 2.45) is 5.41 Å². The molecule has 0 amide bonds. The van der Waals surface area contributed by atoms with Gasteiger partial charge in [0.25, 0.3) is 0 Å². The van der Waals surface area contributed by atoms with E-state index in [0.29, 0.717) is 30.4 Å². The van der Waals surface area contributed by atoms with Gasteiger partial charge in [0.2, 0.25) is 0 Å². The van der Waals surface area contributed by atoms with Crippen LogP contribution in [0.4, 0.5) is 14.5 Å². The van der Waals surface area contributed by atoms with Crippen LogP contribution in [-0.4, -0.2) is 44.2 Å². The molecule has 1 N–H and O–H groups in total. The van der Waals surface area contributed by atoms with E-state index in [1.54, 1.807) is 36.9 Å². The average molecular weight is 421 g/mol. The molecule has 1 saturated heterocycles. The molecule has 2 unspecified atom stereocenters. The number of halogens is 2. The number of hydrogen-bond donors (Lipinski definition) is 1. The van der Waals surface area contributed by atoms with E-state index in [9.17, 15) is 13.9 Å². The van der Waals surface area contributed by atoms with Crippen LogP contribution in [0.2, 0.25) is 0 Å². The van der Waals surface area contributed by atoms with Gasteiger partial charge < -0.3 is 10.0 Å². The van der Waals surface area contributed by atoms with Gasteiger partial charge in [0.1, 0.15) is 0 Å². The fourth-order valence-corrected chi connectivity index (χ4v) is 5.16. The molecule has 3 aliphatic rings. The summed E-state index contributed by atoms with van der Waals surface area (Å²) >= 11 is 0. The molecule has 3 aromatic rings. The number of aromatic nitrogens is 4. The second kappa shape index (κ2) is 6.75. The Bertz CT molecular complexity index is 1130. The van der Waals surface area contributed by atoms with E-state index in [4.69, 9.17) is 0 Å². The molecule has 2 saturated carbocycles. The first-order chi connectivity index (χ1) is 15.0. The molecule has 1 aliphatic heterocycles. The minimum absolute atomic E-state index is 0.0853. The van der Waals surface area contributed by atoms with Crippen LogP contribution in [0.15, 0.2) is 43.0 Å². The Morgan fingerprint density at radius 3 is 2.23 bits per heavy atom. The van der Waals surface area contributed by atoms with E-state index < -0.39 is 11.6 Å². The predicted molar refractivity (Wildman–Crippen MR) is 109 cm³/mol. The second-order valence-corrected chi connectivity index (χ2v) is 9.12. The zero-order valence-corrected chi connectivity index (χ0v) is 16.7. The van der Waals surface area contributed by atoms with E-state index in [1.807, 2.05) is 4.90 Å². The van der Waals surface area contributed by atoms with Gasteiger partial charge >= 0.3 is 0 Å². The summed E-state index contributed by atoms with van der Waals surface area (Å²) in [6, 6.07) is 4.84. The highest BCUT2D eigenvalue weighted by Gasteiger charge is 2.52. The Hall–Kier alpha value is -3.00. The van der Waals surface area contributed by atoms with Gasteiger partial charge in [-0.2, -0.15) is 0 Å². The van der Waals surface area contributed by atoms with Gasteiger partial charge in [0.05, 0.1) is 11.8 Å². The van der Waals surface area contributed by atoms with Gasteiger partial charge in [-0.05, 0) is 60.4 Å². The molecule has 31 heavy (non-hydrogen) atoms. The van der Waals surface area contributed by atoms with Crippen molar-refractivity contribution in [3.05, 3.63) is 65.7 Å². The molecule has 2 aliphatic carbocycles. The van der Waals surface area contributed by atoms with E-state index in [0.717, 1.165) is 30.4 Å². The quantitative estimate of drug-likeness (QED) is 0.696. The lowest BCUT2D eigenvalue weighted by molar-refractivity contribution is -0.0494. The largest absolute Gasteiger partial charge is 0.393 e. The summed E-state index contributed by atoms with van der Waals surface area (Å²) in [7, 11) is 0. The average Bonchev–Trinajstić information content (AvgIpc) is 3.54. The van der Waals surface area contributed by atoms with Crippen molar-refractivity contribution in [1.29, 1.82) is 0 Å². The van der Waals surface area contributed by atoms with Crippen molar-refractivity contribution in [3.8, 4) is 11.6 Å². The molecule has 158 valence electrons. The van der Waals surface area contributed by atoms with Crippen molar-refractivity contribution in [3.63, 3.8) is 0 Å². The molecule has 2 aromatic heterocycles. The SMILES string of the molecule is OC1CC2(C1)CN(c1cc(C3CC3c3cnc(-c4ncccn4)nc3)cc(F)c1F)C2. The normalized spacial score (nSPS) is 24.0. The third-order valence-electron chi connectivity index (χ3n) is 6.85. The van der Waals surface area contributed by atoms with E-state index in [1.165, 1.54) is 6.07 Å². The number of rotatable bonds is 4. The van der Waals surface area contributed by atoms with Crippen molar-refractivity contribution in [2.75, 3.05) is 18.0 Å². The molecule has 6 rings (SSSR count). The maximum atomic E-state index is 14.5. The van der Waals surface area contributed by atoms with Gasteiger partial charge in [-0.3, -0.25) is 0 Å². The molecule has 6 nitrogen and oxygen atoms in total. The van der Waals surface area contributed by atoms with Gasteiger partial charge in [0.15, 0.2) is 23.3 Å². The monoisotopic (exact) mass is 421 g/mol. The van der Waals surface area contributed by atoms with Crippen LogP contribution in [-0.2, 0) is 0 Å². The van der Waals surface area contributed by atoms with Crippen LogP contribution in [0.1, 0.15) is 42.2 Å². The number of aliphatic hydroxyl groups is 1. The fourth-order valence-electron chi connectivity index (χ4n) is 5.16. The lowest BCUT2D eigenvalue weighted by Gasteiger charge is -2.58. The van der Waals surface area contributed by atoms with Crippen LogP contribution < -0.4 is 4.90 Å². The lowest BCUT2D eigenvalue weighted by atomic mass is 9.62. The molecule has 1 spiro atoms. The minimum atomic E-state index is -0.805. The van der Waals surface area contributed by atoms with Crippen LogP contribution in [0.5, 0.6) is 0 Å². The summed E-state index contributed by atoms with van der Waals surface area (Å²) in [6.07, 6.45) is 8.93. The Labute approximate surface area is 178 Å². The topological polar surface area (TPSA) is 75.0 Å². The Kier molecular flexibility index (Phi) is 4.08. The molecule has 3 heterocycles. The first-order valence-electron chi connectivity index (χ1n) is 10.5. The van der Waals surface area contributed by atoms with Crippen LogP contribution in [0.25, 0.3) is 11.6 Å². The van der Waals surface area contributed by atoms with E-state index >= 15 is 0 Å². The van der Waals surface area contributed by atoms with Gasteiger partial charge in [-0.15, -0.1) is 0 Å². The summed E-state index contributed by atoms with van der Waals surface area (Å²) < 4.78 is 28.9. The number of nitrogens with zero attached hydrogens (tertiary/aromatic N) is 5. The Balaban J connectivity index is 1.19. The molecule has 0 bridgehead atoms. The van der Waals surface area contributed by atoms with Gasteiger partial charge in [0, 0.05) is 43.3 Å². The summed E-state index contributed by atoms with van der Waals surface area (Å²) in [5.41, 5.74) is 2.20. The zero-order chi connectivity index (χ0) is 21.2. The molecule has 2 atom stereocenters. The predicted octanol–water partition coefficient (Wildman–Crippen LogP) is 3.44. The fraction of sp³-hybridized carbons (Fsp3) is 0.391. The summed E-state index contributed by atoms with van der Waals surface area (Å²) in [4.78, 5) is 19.0. The van der Waals surface area contributed by atoms with E-state index in [-0.39, 0.29) is 23.4 Å². The standard InChI is InChI=1S/C23H21F2N5O/c24-18-4-13(5-19(20(18)25)30-11-23(12-30)7-15(31)8-23)16-6-17(16)14-9-28-22(29-10-14)21-26-2-1-3-27-21/h1-5,9-10,15-17,31H,6-8,11-12H2. The van der Waals surface area contributed by atoms with Crippen LogP contribution >= 0.6 is 0 Å². The van der Waals surface area contributed by atoms with Crippen molar-refractivity contribution in [1.82, 2.24) is 19.9 Å². The summed E-state index contributed by atoms with van der Waals surface area (Å²) in [6.45, 7) is 1.35. The van der Waals surface area contributed by atoms with Crippen molar-refractivity contribution < 1.29 is 13.9 Å². The molecular formula is C23H21F2N5O. The highest BCUT2D eigenvalue weighted by Crippen LogP contribution is 2.56. The number of anilines is 1. The Morgan fingerprint density at radius 2 is 1.55 bits per heavy atom. The third-order valence-corrected chi connectivity index (χ3v) is 6.85. The zero-order valence-electron chi connectivity index (χ0n) is 16.7. The molecule has 1 aromatic carbocycles. The van der Waals surface area contributed by atoms with Gasteiger partial charge in [-0.25, -0.2) is 28.7 Å². The number of benzene rings is 1. The minimum Gasteiger partial charge on any atom is -0.393 e. The molecule has 0 radical (unpaired) electrons. The maximum absolute atomic E-state index is 14.5. The summed E-state index contributed by atoms with van der Waals surface area (Å²) in [5, 5.41) is 9.58. The van der Waals surface area contributed by atoms with Crippen LogP contribution in [0.3, 0.4) is 0 Å². The molecule has 3 fully saturated rings. The highest BCUT2D eigenvalue weighted by atomic mass is 19.2. The number of hydrogen-bond acceptors (Lipinski definition) is 6. The first kappa shape index (κ1) is 18.7. The van der Waals surface area contributed by atoms with Crippen molar-refractivity contribution >= 4 is 5.69 Å². The second-order valence-electron chi connectivity index (χ2n) is 9.12. The third kappa shape index (κ3) is 3.17. The number of aliphatic hydroxyl groups excluding tert-OH is 1.